The fourth-order valence-corrected chi connectivity index (χ4v) is 2.41. The minimum Gasteiger partial charge on any atom is -0.387 e. The van der Waals surface area contributed by atoms with Crippen LogP contribution in [0.1, 0.15) is 11.7 Å². The van der Waals surface area contributed by atoms with Gasteiger partial charge in [-0.25, -0.2) is 9.97 Å². The van der Waals surface area contributed by atoms with Gasteiger partial charge >= 0.3 is 0 Å². The van der Waals surface area contributed by atoms with Crippen LogP contribution in [0.25, 0.3) is 11.3 Å². The van der Waals surface area contributed by atoms with Crippen molar-refractivity contribution >= 4 is 11.6 Å². The SMILES string of the molecule is CN(C)c1ccc(-c2ccnc(NCC(O)c3cccnc3)n2)cc1. The van der Waals surface area contributed by atoms with Gasteiger partial charge < -0.3 is 15.3 Å². The topological polar surface area (TPSA) is 74.2 Å². The van der Waals surface area contributed by atoms with Gasteiger partial charge in [0, 0.05) is 56.0 Å². The number of aliphatic hydroxyl groups excluding tert-OH is 1. The quantitative estimate of drug-likeness (QED) is 0.721. The molecule has 2 N–H and O–H groups in total. The predicted molar refractivity (Wildman–Crippen MR) is 99.5 cm³/mol. The van der Waals surface area contributed by atoms with E-state index in [1.54, 1.807) is 24.7 Å². The van der Waals surface area contributed by atoms with Crippen LogP contribution >= 0.6 is 0 Å². The first kappa shape index (κ1) is 16.9. The van der Waals surface area contributed by atoms with Gasteiger partial charge in [-0.2, -0.15) is 0 Å². The number of nitrogens with zero attached hydrogens (tertiary/aromatic N) is 4. The maximum absolute atomic E-state index is 10.2. The van der Waals surface area contributed by atoms with Crippen molar-refractivity contribution in [1.29, 1.82) is 0 Å². The molecule has 0 radical (unpaired) electrons. The largest absolute Gasteiger partial charge is 0.387 e. The average molecular weight is 335 g/mol. The minimum absolute atomic E-state index is 0.314. The van der Waals surface area contributed by atoms with Gasteiger partial charge in [0.25, 0.3) is 0 Å². The van der Waals surface area contributed by atoms with Gasteiger partial charge in [-0.15, -0.1) is 0 Å². The smallest absolute Gasteiger partial charge is 0.223 e. The lowest BCUT2D eigenvalue weighted by Crippen LogP contribution is -2.14. The summed E-state index contributed by atoms with van der Waals surface area (Å²) >= 11 is 0. The summed E-state index contributed by atoms with van der Waals surface area (Å²) in [6.45, 7) is 0.314. The monoisotopic (exact) mass is 335 g/mol. The van der Waals surface area contributed by atoms with Crippen LogP contribution in [0.15, 0.2) is 61.1 Å². The molecular weight excluding hydrogens is 314 g/mol. The van der Waals surface area contributed by atoms with Crippen LogP contribution in [0.4, 0.5) is 11.6 Å². The zero-order valence-corrected chi connectivity index (χ0v) is 14.3. The van der Waals surface area contributed by atoms with Gasteiger partial charge in [0.15, 0.2) is 0 Å². The standard InChI is InChI=1S/C19H21N5O/c1-24(2)16-7-5-14(6-8-16)17-9-11-21-19(23-17)22-13-18(25)15-4-3-10-20-12-15/h3-12,18,25H,13H2,1-2H3,(H,21,22,23). The van der Waals surface area contributed by atoms with Crippen LogP contribution < -0.4 is 10.2 Å². The predicted octanol–water partition coefficient (Wildman–Crippen LogP) is 2.75. The van der Waals surface area contributed by atoms with Crippen LogP contribution in [0.5, 0.6) is 0 Å². The molecule has 6 nitrogen and oxygen atoms in total. The lowest BCUT2D eigenvalue weighted by molar-refractivity contribution is 0.191. The Labute approximate surface area is 147 Å². The number of rotatable bonds is 6. The Morgan fingerprint density at radius 3 is 2.56 bits per heavy atom. The summed E-state index contributed by atoms with van der Waals surface area (Å²) in [6.07, 6.45) is 4.37. The lowest BCUT2D eigenvalue weighted by Gasteiger charge is -2.13. The molecule has 0 fully saturated rings. The van der Waals surface area contributed by atoms with Crippen LogP contribution in [0.2, 0.25) is 0 Å². The summed E-state index contributed by atoms with van der Waals surface area (Å²) in [5.74, 6) is 0.483. The second kappa shape index (κ2) is 7.72. The van der Waals surface area contributed by atoms with Crippen LogP contribution in [-0.4, -0.2) is 40.7 Å². The van der Waals surface area contributed by atoms with Gasteiger partial charge in [-0.1, -0.05) is 18.2 Å². The second-order valence-corrected chi connectivity index (χ2v) is 5.89. The number of hydrogen-bond donors (Lipinski definition) is 2. The average Bonchev–Trinajstić information content (AvgIpc) is 2.67. The molecule has 25 heavy (non-hydrogen) atoms. The number of pyridine rings is 1. The third kappa shape index (κ3) is 4.30. The molecule has 1 aromatic carbocycles. The molecule has 2 aromatic heterocycles. The van der Waals surface area contributed by atoms with E-state index in [4.69, 9.17) is 0 Å². The first-order valence-corrected chi connectivity index (χ1v) is 8.06. The highest BCUT2D eigenvalue weighted by atomic mass is 16.3. The summed E-state index contributed by atoms with van der Waals surface area (Å²) in [6, 6.07) is 13.7. The van der Waals surface area contributed by atoms with Crippen molar-refractivity contribution in [2.75, 3.05) is 30.9 Å². The molecule has 128 valence electrons. The lowest BCUT2D eigenvalue weighted by atomic mass is 10.1. The summed E-state index contributed by atoms with van der Waals surface area (Å²) < 4.78 is 0. The molecule has 2 heterocycles. The highest BCUT2D eigenvalue weighted by Crippen LogP contribution is 2.21. The molecular formula is C19H21N5O. The van der Waals surface area contributed by atoms with E-state index in [1.165, 1.54) is 0 Å². The number of anilines is 2. The molecule has 0 spiro atoms. The minimum atomic E-state index is -0.666. The Bertz CT molecular complexity index is 806. The highest BCUT2D eigenvalue weighted by molar-refractivity contribution is 5.63. The van der Waals surface area contributed by atoms with Crippen LogP contribution in [0, 0.1) is 0 Å². The van der Waals surface area contributed by atoms with E-state index in [-0.39, 0.29) is 0 Å². The van der Waals surface area contributed by atoms with E-state index in [0.29, 0.717) is 12.5 Å². The van der Waals surface area contributed by atoms with Crippen molar-refractivity contribution in [2.45, 2.75) is 6.10 Å². The Kier molecular flexibility index (Phi) is 5.20. The van der Waals surface area contributed by atoms with Crippen LogP contribution in [0.3, 0.4) is 0 Å². The number of nitrogens with one attached hydrogen (secondary N) is 1. The van der Waals surface area contributed by atoms with E-state index < -0.39 is 6.10 Å². The van der Waals surface area contributed by atoms with Crippen molar-refractivity contribution in [3.63, 3.8) is 0 Å². The van der Waals surface area contributed by atoms with E-state index in [0.717, 1.165) is 22.5 Å². The van der Waals surface area contributed by atoms with Crippen molar-refractivity contribution in [2.24, 2.45) is 0 Å². The van der Waals surface area contributed by atoms with Gasteiger partial charge in [0.2, 0.25) is 5.95 Å². The molecule has 0 saturated heterocycles. The van der Waals surface area contributed by atoms with Gasteiger partial charge in [-0.3, -0.25) is 4.98 Å². The summed E-state index contributed by atoms with van der Waals surface area (Å²) in [5.41, 5.74) is 3.74. The van der Waals surface area contributed by atoms with Crippen molar-refractivity contribution in [3.05, 3.63) is 66.6 Å². The first-order valence-electron chi connectivity index (χ1n) is 8.06. The first-order chi connectivity index (χ1) is 12.1. The molecule has 3 rings (SSSR count). The molecule has 0 amide bonds. The second-order valence-electron chi connectivity index (χ2n) is 5.89. The molecule has 0 saturated carbocycles. The molecule has 6 heteroatoms. The third-order valence-corrected chi connectivity index (χ3v) is 3.86. The summed E-state index contributed by atoms with van der Waals surface area (Å²) in [4.78, 5) is 14.8. The number of aromatic nitrogens is 3. The molecule has 0 aliphatic rings. The Morgan fingerprint density at radius 1 is 1.08 bits per heavy atom. The van der Waals surface area contributed by atoms with E-state index in [1.807, 2.05) is 38.4 Å². The highest BCUT2D eigenvalue weighted by Gasteiger charge is 2.09. The van der Waals surface area contributed by atoms with E-state index in [9.17, 15) is 5.11 Å². The van der Waals surface area contributed by atoms with E-state index in [2.05, 4.69) is 37.3 Å². The number of aliphatic hydroxyl groups is 1. The Morgan fingerprint density at radius 2 is 1.88 bits per heavy atom. The molecule has 1 atom stereocenters. The zero-order chi connectivity index (χ0) is 17.6. The van der Waals surface area contributed by atoms with Gasteiger partial charge in [-0.05, 0) is 24.3 Å². The van der Waals surface area contributed by atoms with E-state index >= 15 is 0 Å². The molecule has 1 unspecified atom stereocenters. The van der Waals surface area contributed by atoms with Crippen molar-refractivity contribution in [3.8, 4) is 11.3 Å². The zero-order valence-electron chi connectivity index (χ0n) is 14.3. The fraction of sp³-hybridized carbons (Fsp3) is 0.211. The molecule has 0 aliphatic carbocycles. The Hall–Kier alpha value is -2.99. The number of hydrogen-bond acceptors (Lipinski definition) is 6. The third-order valence-electron chi connectivity index (χ3n) is 3.86. The van der Waals surface area contributed by atoms with Crippen molar-refractivity contribution in [1.82, 2.24) is 15.0 Å². The van der Waals surface area contributed by atoms with Crippen molar-refractivity contribution < 1.29 is 5.11 Å². The molecule has 3 aromatic rings. The van der Waals surface area contributed by atoms with Crippen LogP contribution in [-0.2, 0) is 0 Å². The molecule has 0 aliphatic heterocycles. The molecule has 0 bridgehead atoms. The maximum atomic E-state index is 10.2. The van der Waals surface area contributed by atoms with Gasteiger partial charge in [0.05, 0.1) is 11.8 Å². The maximum Gasteiger partial charge on any atom is 0.223 e. The van der Waals surface area contributed by atoms with Gasteiger partial charge in [0.1, 0.15) is 0 Å². The number of benzene rings is 1. The Balaban J connectivity index is 1.69. The normalized spacial score (nSPS) is 11.8. The summed E-state index contributed by atoms with van der Waals surface area (Å²) in [7, 11) is 4.02. The fourth-order valence-electron chi connectivity index (χ4n) is 2.41. The summed E-state index contributed by atoms with van der Waals surface area (Å²) in [5, 5.41) is 13.3.